The number of ether oxygens (including phenoxy) is 2. The third kappa shape index (κ3) is 1.87. The van der Waals surface area contributed by atoms with E-state index < -0.39 is 0 Å². The van der Waals surface area contributed by atoms with Crippen LogP contribution in [0.3, 0.4) is 0 Å². The van der Waals surface area contributed by atoms with Gasteiger partial charge in [-0.05, 0) is 18.9 Å². The molecule has 0 amide bonds. The van der Waals surface area contributed by atoms with Gasteiger partial charge in [0.15, 0.2) is 11.4 Å². The first-order chi connectivity index (χ1) is 9.76. The average molecular weight is 274 g/mol. The molecule has 1 aliphatic carbocycles. The largest absolute Gasteiger partial charge is 0.384 e. The van der Waals surface area contributed by atoms with Crippen LogP contribution in [-0.2, 0) is 9.47 Å². The summed E-state index contributed by atoms with van der Waals surface area (Å²) in [6.07, 6.45) is 5.66. The summed E-state index contributed by atoms with van der Waals surface area (Å²) in [4.78, 5) is 4.30. The summed E-state index contributed by atoms with van der Waals surface area (Å²) in [6, 6.07) is 3.80. The summed E-state index contributed by atoms with van der Waals surface area (Å²) in [6.45, 7) is 1.44. The molecule has 0 radical (unpaired) electrons. The topological polar surface area (TPSA) is 74.7 Å². The highest BCUT2D eigenvalue weighted by molar-refractivity contribution is 5.46. The lowest BCUT2D eigenvalue weighted by Gasteiger charge is -2.34. The molecule has 0 aromatic carbocycles. The Morgan fingerprint density at radius 1 is 1.25 bits per heavy atom. The SMILES string of the molecule is Nc1ccnc2cc(C3CCC4(CC3)OCCO4)nn12. The standard InChI is InChI=1S/C14H18N4O2/c15-12-3-6-16-13-9-11(17-18(12)13)10-1-4-14(5-2-10)19-7-8-20-14/h3,6,9-10H,1-2,4-5,7-8,15H2. The van der Waals surface area contributed by atoms with Gasteiger partial charge in [0.25, 0.3) is 0 Å². The minimum absolute atomic E-state index is 0.313. The second-order valence-electron chi connectivity index (χ2n) is 5.59. The number of nitrogen functional groups attached to an aromatic ring is 1. The van der Waals surface area contributed by atoms with Crippen LogP contribution in [0.4, 0.5) is 5.82 Å². The summed E-state index contributed by atoms with van der Waals surface area (Å²) in [5.74, 6) is 0.748. The van der Waals surface area contributed by atoms with Gasteiger partial charge in [-0.3, -0.25) is 0 Å². The Morgan fingerprint density at radius 3 is 2.70 bits per heavy atom. The van der Waals surface area contributed by atoms with Gasteiger partial charge in [0.2, 0.25) is 0 Å². The van der Waals surface area contributed by atoms with E-state index in [9.17, 15) is 0 Å². The van der Waals surface area contributed by atoms with Crippen LogP contribution in [-0.4, -0.2) is 33.6 Å². The smallest absolute Gasteiger partial charge is 0.168 e. The van der Waals surface area contributed by atoms with Gasteiger partial charge in [0.1, 0.15) is 5.82 Å². The Bertz CT molecular complexity index is 623. The minimum Gasteiger partial charge on any atom is -0.384 e. The van der Waals surface area contributed by atoms with E-state index >= 15 is 0 Å². The highest BCUT2D eigenvalue weighted by atomic mass is 16.7. The van der Waals surface area contributed by atoms with Crippen LogP contribution in [0.25, 0.3) is 5.65 Å². The molecule has 1 saturated carbocycles. The number of rotatable bonds is 1. The van der Waals surface area contributed by atoms with Gasteiger partial charge in [-0.25, -0.2) is 4.98 Å². The minimum atomic E-state index is -0.313. The fraction of sp³-hybridized carbons (Fsp3) is 0.571. The molecule has 20 heavy (non-hydrogen) atoms. The quantitative estimate of drug-likeness (QED) is 0.857. The molecule has 2 aromatic rings. The van der Waals surface area contributed by atoms with Gasteiger partial charge in [-0.15, -0.1) is 0 Å². The van der Waals surface area contributed by atoms with Gasteiger partial charge >= 0.3 is 0 Å². The van der Waals surface area contributed by atoms with E-state index in [1.807, 2.05) is 6.07 Å². The summed E-state index contributed by atoms with van der Waals surface area (Å²) >= 11 is 0. The van der Waals surface area contributed by atoms with Crippen molar-refractivity contribution in [3.05, 3.63) is 24.0 Å². The predicted octanol–water partition coefficient (Wildman–Crippen LogP) is 1.71. The number of hydrogen-bond donors (Lipinski definition) is 1. The molecule has 1 aliphatic heterocycles. The summed E-state index contributed by atoms with van der Waals surface area (Å²) in [5.41, 5.74) is 7.80. The first-order valence-electron chi connectivity index (χ1n) is 7.14. The average Bonchev–Trinajstić information content (AvgIpc) is 3.08. The zero-order valence-electron chi connectivity index (χ0n) is 11.3. The van der Waals surface area contributed by atoms with Crippen molar-refractivity contribution >= 4 is 11.5 Å². The van der Waals surface area contributed by atoms with E-state index in [4.69, 9.17) is 15.2 Å². The second kappa shape index (κ2) is 4.43. The van der Waals surface area contributed by atoms with Gasteiger partial charge in [0.05, 0.1) is 18.9 Å². The van der Waals surface area contributed by atoms with E-state index in [0.29, 0.717) is 11.7 Å². The van der Waals surface area contributed by atoms with Crippen molar-refractivity contribution in [2.75, 3.05) is 18.9 Å². The van der Waals surface area contributed by atoms with Crippen LogP contribution in [0.1, 0.15) is 37.3 Å². The fourth-order valence-electron chi connectivity index (χ4n) is 3.27. The maximum absolute atomic E-state index is 5.91. The molecule has 0 unspecified atom stereocenters. The van der Waals surface area contributed by atoms with E-state index in [0.717, 1.165) is 50.2 Å². The van der Waals surface area contributed by atoms with Crippen LogP contribution in [0.15, 0.2) is 18.3 Å². The summed E-state index contributed by atoms with van der Waals surface area (Å²) < 4.78 is 13.2. The van der Waals surface area contributed by atoms with Crippen LogP contribution < -0.4 is 5.73 Å². The van der Waals surface area contributed by atoms with E-state index in [1.54, 1.807) is 16.8 Å². The van der Waals surface area contributed by atoms with Crippen LogP contribution in [0.2, 0.25) is 0 Å². The highest BCUT2D eigenvalue weighted by Gasteiger charge is 2.41. The van der Waals surface area contributed by atoms with Crippen molar-refractivity contribution in [3.8, 4) is 0 Å². The molecule has 6 nitrogen and oxygen atoms in total. The van der Waals surface area contributed by atoms with E-state index in [2.05, 4.69) is 10.1 Å². The molecule has 0 bridgehead atoms. The predicted molar refractivity (Wildman–Crippen MR) is 73.2 cm³/mol. The van der Waals surface area contributed by atoms with Gasteiger partial charge in [0, 0.05) is 31.0 Å². The molecule has 3 heterocycles. The second-order valence-corrected chi connectivity index (χ2v) is 5.59. The summed E-state index contributed by atoms with van der Waals surface area (Å²) in [7, 11) is 0. The van der Waals surface area contributed by atoms with Gasteiger partial charge < -0.3 is 15.2 Å². The van der Waals surface area contributed by atoms with Crippen LogP contribution in [0.5, 0.6) is 0 Å². The van der Waals surface area contributed by atoms with Crippen LogP contribution >= 0.6 is 0 Å². The Balaban J connectivity index is 1.57. The monoisotopic (exact) mass is 274 g/mol. The number of nitrogens with two attached hydrogens (primary N) is 1. The fourth-order valence-corrected chi connectivity index (χ4v) is 3.27. The van der Waals surface area contributed by atoms with Crippen molar-refractivity contribution < 1.29 is 9.47 Å². The van der Waals surface area contributed by atoms with Crippen molar-refractivity contribution in [1.29, 1.82) is 0 Å². The zero-order chi connectivity index (χ0) is 13.6. The Hall–Kier alpha value is -1.66. The maximum atomic E-state index is 5.91. The number of hydrogen-bond acceptors (Lipinski definition) is 5. The lowest BCUT2D eigenvalue weighted by atomic mass is 9.83. The van der Waals surface area contributed by atoms with Crippen molar-refractivity contribution in [2.24, 2.45) is 0 Å². The number of anilines is 1. The molecule has 4 rings (SSSR count). The molecule has 2 aromatic heterocycles. The van der Waals surface area contributed by atoms with Crippen molar-refractivity contribution in [1.82, 2.24) is 14.6 Å². The Kier molecular flexibility index (Phi) is 2.68. The van der Waals surface area contributed by atoms with E-state index in [1.165, 1.54) is 0 Å². The lowest BCUT2D eigenvalue weighted by molar-refractivity contribution is -0.178. The zero-order valence-corrected chi connectivity index (χ0v) is 11.3. The molecule has 0 atom stereocenters. The first kappa shape index (κ1) is 12.1. The molecular weight excluding hydrogens is 256 g/mol. The molecular formula is C14H18N4O2. The van der Waals surface area contributed by atoms with Crippen LogP contribution in [0, 0.1) is 0 Å². The normalized spacial score (nSPS) is 22.8. The lowest BCUT2D eigenvalue weighted by Crippen LogP contribution is -2.34. The number of fused-ring (bicyclic) bond motifs is 1. The molecule has 1 saturated heterocycles. The molecule has 2 N–H and O–H groups in total. The molecule has 1 spiro atoms. The third-order valence-corrected chi connectivity index (χ3v) is 4.39. The Labute approximate surface area is 116 Å². The molecule has 2 aliphatic rings. The van der Waals surface area contributed by atoms with Crippen molar-refractivity contribution in [2.45, 2.75) is 37.4 Å². The Morgan fingerprint density at radius 2 is 2.00 bits per heavy atom. The maximum Gasteiger partial charge on any atom is 0.168 e. The number of nitrogens with zero attached hydrogens (tertiary/aromatic N) is 3. The first-order valence-corrected chi connectivity index (χ1v) is 7.14. The van der Waals surface area contributed by atoms with Gasteiger partial charge in [-0.1, -0.05) is 0 Å². The molecule has 6 heteroatoms. The highest BCUT2D eigenvalue weighted by Crippen LogP contribution is 2.42. The summed E-state index contributed by atoms with van der Waals surface area (Å²) in [5, 5.41) is 4.60. The van der Waals surface area contributed by atoms with Gasteiger partial charge in [-0.2, -0.15) is 9.61 Å². The van der Waals surface area contributed by atoms with Crippen molar-refractivity contribution in [3.63, 3.8) is 0 Å². The third-order valence-electron chi connectivity index (χ3n) is 4.39. The molecule has 2 fully saturated rings. The van der Waals surface area contributed by atoms with E-state index in [-0.39, 0.29) is 5.79 Å². The number of aromatic nitrogens is 3. The molecule has 106 valence electrons.